The monoisotopic (exact) mass is 322 g/mol. The third-order valence-electron chi connectivity index (χ3n) is 2.69. The first-order valence-corrected chi connectivity index (χ1v) is 6.61. The van der Waals surface area contributed by atoms with E-state index in [1.165, 1.54) is 6.08 Å². The lowest BCUT2D eigenvalue weighted by Crippen LogP contribution is -2.49. The molecule has 1 aliphatic carbocycles. The Balaban J connectivity index is 2.50. The Kier molecular flexibility index (Phi) is 3.98. The van der Waals surface area contributed by atoms with Gasteiger partial charge in [0.15, 0.2) is 0 Å². The van der Waals surface area contributed by atoms with E-state index in [4.69, 9.17) is 57.9 Å². The molecule has 0 amide bonds. The van der Waals surface area contributed by atoms with Crippen molar-refractivity contribution in [1.82, 2.24) is 0 Å². The standard InChI is InChI=1S/C12H10Cl4N2/c13-6-1-2-9(14)7(3-6)8-4-11(16)12(17,18)5-10(8)15/h1-5,8H,17-18H2. The van der Waals surface area contributed by atoms with Gasteiger partial charge in [-0.25, -0.2) is 0 Å². The van der Waals surface area contributed by atoms with Crippen LogP contribution in [0, 0.1) is 0 Å². The van der Waals surface area contributed by atoms with Crippen LogP contribution in [0.15, 0.2) is 40.4 Å². The third-order valence-corrected chi connectivity index (χ3v) is 4.07. The van der Waals surface area contributed by atoms with Gasteiger partial charge in [-0.2, -0.15) is 0 Å². The molecule has 0 bridgehead atoms. The van der Waals surface area contributed by atoms with Crippen LogP contribution >= 0.6 is 46.4 Å². The van der Waals surface area contributed by atoms with Crippen molar-refractivity contribution in [3.05, 3.63) is 56.0 Å². The predicted molar refractivity (Wildman–Crippen MR) is 78.2 cm³/mol. The minimum Gasteiger partial charge on any atom is -0.306 e. The summed E-state index contributed by atoms with van der Waals surface area (Å²) in [6, 6.07) is 5.15. The molecule has 96 valence electrons. The van der Waals surface area contributed by atoms with Gasteiger partial charge in [0.25, 0.3) is 0 Å². The summed E-state index contributed by atoms with van der Waals surface area (Å²) in [6.07, 6.45) is 3.19. The molecule has 0 spiro atoms. The molecule has 0 saturated heterocycles. The van der Waals surface area contributed by atoms with Gasteiger partial charge in [-0.3, -0.25) is 0 Å². The Labute approximate surface area is 125 Å². The van der Waals surface area contributed by atoms with Gasteiger partial charge in [0.1, 0.15) is 5.66 Å². The Morgan fingerprint density at radius 1 is 1.06 bits per heavy atom. The molecule has 18 heavy (non-hydrogen) atoms. The van der Waals surface area contributed by atoms with Crippen LogP contribution in [-0.2, 0) is 0 Å². The van der Waals surface area contributed by atoms with E-state index in [9.17, 15) is 0 Å². The lowest BCUT2D eigenvalue weighted by Gasteiger charge is -2.28. The molecule has 2 rings (SSSR count). The summed E-state index contributed by atoms with van der Waals surface area (Å²) in [4.78, 5) is 0. The summed E-state index contributed by atoms with van der Waals surface area (Å²) < 4.78 is 0. The van der Waals surface area contributed by atoms with Crippen LogP contribution in [0.25, 0.3) is 0 Å². The quantitative estimate of drug-likeness (QED) is 0.769. The molecular formula is C12H10Cl4N2. The fraction of sp³-hybridized carbons (Fsp3) is 0.167. The zero-order chi connectivity index (χ0) is 13.5. The van der Waals surface area contributed by atoms with Crippen molar-refractivity contribution in [2.45, 2.75) is 11.6 Å². The van der Waals surface area contributed by atoms with Gasteiger partial charge in [0.05, 0.1) is 5.03 Å². The lowest BCUT2D eigenvalue weighted by molar-refractivity contribution is 0.657. The SMILES string of the molecule is NC1(N)C=C(Cl)C(c2cc(Cl)ccc2Cl)C=C1Cl. The maximum absolute atomic E-state index is 6.19. The van der Waals surface area contributed by atoms with Crippen molar-refractivity contribution in [1.29, 1.82) is 0 Å². The highest BCUT2D eigenvalue weighted by Crippen LogP contribution is 2.40. The van der Waals surface area contributed by atoms with E-state index in [1.807, 2.05) is 0 Å². The Morgan fingerprint density at radius 2 is 1.72 bits per heavy atom. The molecule has 1 atom stereocenters. The molecule has 2 nitrogen and oxygen atoms in total. The number of hydrogen-bond donors (Lipinski definition) is 2. The topological polar surface area (TPSA) is 52.0 Å². The zero-order valence-electron chi connectivity index (χ0n) is 9.13. The number of benzene rings is 1. The van der Waals surface area contributed by atoms with Crippen LogP contribution in [0.4, 0.5) is 0 Å². The fourth-order valence-electron chi connectivity index (χ4n) is 1.75. The largest absolute Gasteiger partial charge is 0.306 e. The molecular weight excluding hydrogens is 314 g/mol. The van der Waals surface area contributed by atoms with E-state index in [0.717, 1.165) is 5.56 Å². The van der Waals surface area contributed by atoms with Crippen LogP contribution in [0.5, 0.6) is 0 Å². The number of rotatable bonds is 1. The molecule has 4 N–H and O–H groups in total. The van der Waals surface area contributed by atoms with E-state index in [1.54, 1.807) is 24.3 Å². The third kappa shape index (κ3) is 2.69. The van der Waals surface area contributed by atoms with Crippen molar-refractivity contribution in [3.63, 3.8) is 0 Å². The molecule has 1 aromatic rings. The van der Waals surface area contributed by atoms with Crippen LogP contribution in [-0.4, -0.2) is 5.66 Å². The first-order valence-electron chi connectivity index (χ1n) is 5.10. The minimum absolute atomic E-state index is 0.286. The normalized spacial score (nSPS) is 22.4. The van der Waals surface area contributed by atoms with Gasteiger partial charge >= 0.3 is 0 Å². The molecule has 1 unspecified atom stereocenters. The Morgan fingerprint density at radius 3 is 2.39 bits per heavy atom. The average Bonchev–Trinajstić information content (AvgIpc) is 2.27. The Bertz CT molecular complexity index is 549. The van der Waals surface area contributed by atoms with Crippen LogP contribution < -0.4 is 11.5 Å². The van der Waals surface area contributed by atoms with Gasteiger partial charge in [0, 0.05) is 21.0 Å². The van der Waals surface area contributed by atoms with Gasteiger partial charge < -0.3 is 11.5 Å². The average molecular weight is 324 g/mol. The summed E-state index contributed by atoms with van der Waals surface area (Å²) in [5.74, 6) is -0.286. The highest BCUT2D eigenvalue weighted by Gasteiger charge is 2.30. The summed E-state index contributed by atoms with van der Waals surface area (Å²) in [5.41, 5.74) is 11.1. The molecule has 1 aliphatic rings. The highest BCUT2D eigenvalue weighted by atomic mass is 35.5. The van der Waals surface area contributed by atoms with E-state index < -0.39 is 5.66 Å². The van der Waals surface area contributed by atoms with Crippen molar-refractivity contribution in [2.75, 3.05) is 0 Å². The van der Waals surface area contributed by atoms with Crippen LogP contribution in [0.3, 0.4) is 0 Å². The molecule has 0 fully saturated rings. The second kappa shape index (κ2) is 5.04. The molecule has 0 heterocycles. The van der Waals surface area contributed by atoms with Gasteiger partial charge in [-0.15, -0.1) is 0 Å². The molecule has 1 aromatic carbocycles. The van der Waals surface area contributed by atoms with Crippen LogP contribution in [0.2, 0.25) is 10.0 Å². The van der Waals surface area contributed by atoms with Crippen molar-refractivity contribution >= 4 is 46.4 Å². The van der Waals surface area contributed by atoms with Crippen molar-refractivity contribution < 1.29 is 0 Å². The molecule has 0 saturated carbocycles. The summed E-state index contributed by atoms with van der Waals surface area (Å²) in [7, 11) is 0. The second-order valence-electron chi connectivity index (χ2n) is 4.12. The summed E-state index contributed by atoms with van der Waals surface area (Å²) in [6.45, 7) is 0. The Hall–Kier alpha value is -0.220. The predicted octanol–water partition coefficient (Wildman–Crippen LogP) is 3.95. The van der Waals surface area contributed by atoms with E-state index in [2.05, 4.69) is 0 Å². The molecule has 0 aromatic heterocycles. The van der Waals surface area contributed by atoms with Crippen molar-refractivity contribution in [2.24, 2.45) is 11.5 Å². The fourth-order valence-corrected chi connectivity index (χ4v) is 2.71. The first kappa shape index (κ1) is 14.2. The highest BCUT2D eigenvalue weighted by molar-refractivity contribution is 6.35. The number of hydrogen-bond acceptors (Lipinski definition) is 2. The maximum Gasteiger partial charge on any atom is 0.121 e. The smallest absolute Gasteiger partial charge is 0.121 e. The molecule has 6 heteroatoms. The van der Waals surface area contributed by atoms with Crippen LogP contribution in [0.1, 0.15) is 11.5 Å². The number of allylic oxidation sites excluding steroid dienone is 2. The lowest BCUT2D eigenvalue weighted by atomic mass is 9.90. The van der Waals surface area contributed by atoms with Crippen molar-refractivity contribution in [3.8, 4) is 0 Å². The van der Waals surface area contributed by atoms with Gasteiger partial charge in [-0.05, 0) is 29.8 Å². The number of nitrogens with two attached hydrogens (primary N) is 2. The minimum atomic E-state index is -1.24. The maximum atomic E-state index is 6.19. The van der Waals surface area contributed by atoms with E-state index in [-0.39, 0.29) is 5.92 Å². The van der Waals surface area contributed by atoms with E-state index >= 15 is 0 Å². The molecule has 0 aliphatic heterocycles. The van der Waals surface area contributed by atoms with Gasteiger partial charge in [-0.1, -0.05) is 52.5 Å². The summed E-state index contributed by atoms with van der Waals surface area (Å²) >= 11 is 24.3. The zero-order valence-corrected chi connectivity index (χ0v) is 12.2. The second-order valence-corrected chi connectivity index (χ2v) is 5.81. The number of halogens is 4. The molecule has 0 radical (unpaired) electrons. The van der Waals surface area contributed by atoms with Gasteiger partial charge in [0.2, 0.25) is 0 Å². The van der Waals surface area contributed by atoms with E-state index in [0.29, 0.717) is 20.1 Å². The summed E-state index contributed by atoms with van der Waals surface area (Å²) in [5, 5.41) is 1.90. The first-order chi connectivity index (χ1) is 8.31.